The molecule has 2 aromatic heterocycles. The number of nitrogens with one attached hydrogen (secondary N) is 2. The summed E-state index contributed by atoms with van der Waals surface area (Å²) in [5.74, 6) is 0.304. The number of nitrogens with zero attached hydrogens (tertiary/aromatic N) is 2. The van der Waals surface area contributed by atoms with E-state index in [1.54, 1.807) is 26.2 Å². The number of carbonyl (C=O) groups is 1. The lowest BCUT2D eigenvalue weighted by Crippen LogP contribution is -2.60. The molecule has 4 rings (SSSR count). The summed E-state index contributed by atoms with van der Waals surface area (Å²) >= 11 is 0. The van der Waals surface area contributed by atoms with Crippen molar-refractivity contribution in [2.45, 2.75) is 69.4 Å². The summed E-state index contributed by atoms with van der Waals surface area (Å²) < 4.78 is 0. The highest BCUT2D eigenvalue weighted by molar-refractivity contribution is 6.04. The first kappa shape index (κ1) is 15.6. The number of aliphatic hydroxyl groups is 1. The van der Waals surface area contributed by atoms with Crippen LogP contribution in [0.15, 0.2) is 12.4 Å². The van der Waals surface area contributed by atoms with Crippen LogP contribution >= 0.6 is 0 Å². The number of fused-ring (bicyclic) bond motifs is 1. The molecule has 1 amide bonds. The van der Waals surface area contributed by atoms with Gasteiger partial charge in [-0.1, -0.05) is 12.8 Å². The summed E-state index contributed by atoms with van der Waals surface area (Å²) in [6, 6.07) is 0. The Bertz CT molecular complexity index is 780. The van der Waals surface area contributed by atoms with Crippen molar-refractivity contribution in [3.05, 3.63) is 23.7 Å². The van der Waals surface area contributed by atoms with E-state index in [9.17, 15) is 9.90 Å². The summed E-state index contributed by atoms with van der Waals surface area (Å²) in [6.07, 6.45) is 9.39. The number of hydrogen-bond donors (Lipinski definition) is 3. The normalized spacial score (nSPS) is 20.5. The van der Waals surface area contributed by atoms with Gasteiger partial charge in [-0.3, -0.25) is 4.79 Å². The van der Waals surface area contributed by atoms with Crippen molar-refractivity contribution in [3.8, 4) is 0 Å². The number of hydrogen-bond acceptors (Lipinski definition) is 4. The van der Waals surface area contributed by atoms with Crippen molar-refractivity contribution in [3.63, 3.8) is 0 Å². The van der Waals surface area contributed by atoms with Crippen LogP contribution in [0.5, 0.6) is 0 Å². The highest BCUT2D eigenvalue weighted by Gasteiger charge is 2.47. The molecule has 6 heteroatoms. The topological polar surface area (TPSA) is 90.9 Å². The van der Waals surface area contributed by atoms with Gasteiger partial charge in [0.15, 0.2) is 5.65 Å². The van der Waals surface area contributed by atoms with Crippen LogP contribution in [-0.2, 0) is 0 Å². The zero-order chi connectivity index (χ0) is 16.9. The van der Waals surface area contributed by atoms with Gasteiger partial charge in [0.1, 0.15) is 5.52 Å². The quantitative estimate of drug-likeness (QED) is 0.804. The van der Waals surface area contributed by atoms with Crippen LogP contribution in [0, 0.1) is 0 Å². The average Bonchev–Trinajstić information content (AvgIpc) is 3.11. The Morgan fingerprint density at radius 1 is 1.38 bits per heavy atom. The third-order valence-corrected chi connectivity index (χ3v) is 5.62. The molecule has 2 aliphatic carbocycles. The van der Waals surface area contributed by atoms with Gasteiger partial charge in [0.25, 0.3) is 5.91 Å². The minimum Gasteiger partial charge on any atom is -0.388 e. The zero-order valence-electron chi connectivity index (χ0n) is 14.2. The van der Waals surface area contributed by atoms with Gasteiger partial charge in [-0.15, -0.1) is 0 Å². The molecular weight excluding hydrogens is 304 g/mol. The van der Waals surface area contributed by atoms with Crippen LogP contribution in [0.2, 0.25) is 0 Å². The van der Waals surface area contributed by atoms with E-state index in [-0.39, 0.29) is 5.91 Å². The molecule has 2 aliphatic rings. The minimum absolute atomic E-state index is 0.187. The van der Waals surface area contributed by atoms with E-state index in [0.717, 1.165) is 44.2 Å². The Morgan fingerprint density at radius 3 is 2.71 bits per heavy atom. The van der Waals surface area contributed by atoms with E-state index in [1.807, 2.05) is 0 Å². The molecule has 0 radical (unpaired) electrons. The number of H-pyrrole nitrogens is 1. The second-order valence-corrected chi connectivity index (χ2v) is 7.77. The molecule has 0 unspecified atom stereocenters. The van der Waals surface area contributed by atoms with E-state index in [0.29, 0.717) is 22.6 Å². The van der Waals surface area contributed by atoms with Gasteiger partial charge in [-0.2, -0.15) is 0 Å². The van der Waals surface area contributed by atoms with E-state index in [4.69, 9.17) is 0 Å². The molecule has 6 nitrogen and oxygen atoms in total. The van der Waals surface area contributed by atoms with Crippen LogP contribution in [0.25, 0.3) is 11.2 Å². The molecule has 2 fully saturated rings. The number of amides is 1. The van der Waals surface area contributed by atoms with Gasteiger partial charge in [-0.05, 0) is 39.5 Å². The SMILES string of the molecule is CC(C)(O)C1(NC(=O)c2c[nH]c3ncc(C4CC4)nc23)CCCC1. The maximum absolute atomic E-state index is 12.9. The summed E-state index contributed by atoms with van der Waals surface area (Å²) in [4.78, 5) is 25.0. The van der Waals surface area contributed by atoms with E-state index in [2.05, 4.69) is 20.3 Å². The molecule has 3 N–H and O–H groups in total. The van der Waals surface area contributed by atoms with Crippen LogP contribution in [0.4, 0.5) is 0 Å². The lowest BCUT2D eigenvalue weighted by molar-refractivity contribution is -0.0171. The monoisotopic (exact) mass is 328 g/mol. The van der Waals surface area contributed by atoms with Crippen molar-refractivity contribution < 1.29 is 9.90 Å². The summed E-state index contributed by atoms with van der Waals surface area (Å²) in [5.41, 5.74) is 1.20. The van der Waals surface area contributed by atoms with Crippen molar-refractivity contribution in [1.82, 2.24) is 20.3 Å². The Hall–Kier alpha value is -1.95. The third-order valence-electron chi connectivity index (χ3n) is 5.62. The molecule has 2 aromatic rings. The van der Waals surface area contributed by atoms with Crippen LogP contribution < -0.4 is 5.32 Å². The number of aromatic amines is 1. The van der Waals surface area contributed by atoms with Crippen molar-refractivity contribution in [2.24, 2.45) is 0 Å². The summed E-state index contributed by atoms with van der Waals surface area (Å²) in [7, 11) is 0. The fraction of sp³-hybridized carbons (Fsp3) is 0.611. The number of aromatic nitrogens is 3. The van der Waals surface area contributed by atoms with Crippen LogP contribution in [-0.4, -0.2) is 37.1 Å². The largest absolute Gasteiger partial charge is 0.388 e. The summed E-state index contributed by atoms with van der Waals surface area (Å²) in [5, 5.41) is 13.7. The van der Waals surface area contributed by atoms with E-state index >= 15 is 0 Å². The third kappa shape index (κ3) is 2.49. The van der Waals surface area contributed by atoms with Crippen molar-refractivity contribution in [1.29, 1.82) is 0 Å². The van der Waals surface area contributed by atoms with Crippen molar-refractivity contribution in [2.75, 3.05) is 0 Å². The maximum Gasteiger partial charge on any atom is 0.255 e. The number of carbonyl (C=O) groups excluding carboxylic acids is 1. The predicted octanol–water partition coefficient (Wildman–Crippen LogP) is 2.65. The Labute approximate surface area is 141 Å². The van der Waals surface area contributed by atoms with Gasteiger partial charge in [0, 0.05) is 12.1 Å². The molecule has 0 spiro atoms. The number of rotatable bonds is 4. The average molecular weight is 328 g/mol. The van der Waals surface area contributed by atoms with Gasteiger partial charge in [-0.25, -0.2) is 9.97 Å². The Morgan fingerprint density at radius 2 is 2.08 bits per heavy atom. The molecule has 0 bridgehead atoms. The first-order valence-corrected chi connectivity index (χ1v) is 8.79. The lowest BCUT2D eigenvalue weighted by Gasteiger charge is -2.41. The van der Waals surface area contributed by atoms with Crippen molar-refractivity contribution >= 4 is 17.1 Å². The second kappa shape index (κ2) is 5.28. The Balaban J connectivity index is 1.66. The Kier molecular flexibility index (Phi) is 3.42. The highest BCUT2D eigenvalue weighted by atomic mass is 16.3. The highest BCUT2D eigenvalue weighted by Crippen LogP contribution is 2.40. The standard InChI is InChI=1S/C18H24N4O2/c1-17(2,24)18(7-3-4-8-18)22-16(23)12-9-19-15-14(12)21-13(10-20-15)11-5-6-11/h9-11,24H,3-8H2,1-2H3,(H,19,20)(H,22,23). The minimum atomic E-state index is -0.962. The molecule has 24 heavy (non-hydrogen) atoms. The van der Waals surface area contributed by atoms with Gasteiger partial charge < -0.3 is 15.4 Å². The molecule has 128 valence electrons. The van der Waals surface area contributed by atoms with Gasteiger partial charge in [0.05, 0.1) is 28.6 Å². The molecule has 0 aromatic carbocycles. The van der Waals surface area contributed by atoms with Gasteiger partial charge >= 0.3 is 0 Å². The molecule has 2 heterocycles. The smallest absolute Gasteiger partial charge is 0.255 e. The summed E-state index contributed by atoms with van der Waals surface area (Å²) in [6.45, 7) is 3.55. The first-order chi connectivity index (χ1) is 11.4. The maximum atomic E-state index is 12.9. The fourth-order valence-electron chi connectivity index (χ4n) is 3.81. The van der Waals surface area contributed by atoms with Gasteiger partial charge in [0.2, 0.25) is 0 Å². The van der Waals surface area contributed by atoms with Crippen LogP contribution in [0.1, 0.15) is 74.3 Å². The molecule has 0 atom stereocenters. The van der Waals surface area contributed by atoms with Crippen LogP contribution in [0.3, 0.4) is 0 Å². The first-order valence-electron chi connectivity index (χ1n) is 8.79. The lowest BCUT2D eigenvalue weighted by atomic mass is 9.80. The van der Waals surface area contributed by atoms with E-state index in [1.165, 1.54) is 0 Å². The molecular formula is C18H24N4O2. The molecule has 0 aliphatic heterocycles. The van der Waals surface area contributed by atoms with E-state index < -0.39 is 11.1 Å². The predicted molar refractivity (Wildman–Crippen MR) is 90.8 cm³/mol. The molecule has 2 saturated carbocycles. The zero-order valence-corrected chi connectivity index (χ0v) is 14.2. The molecule has 0 saturated heterocycles. The fourth-order valence-corrected chi connectivity index (χ4v) is 3.81. The second-order valence-electron chi connectivity index (χ2n) is 7.77.